The van der Waals surface area contributed by atoms with Crippen LogP contribution in [0.3, 0.4) is 0 Å². The fraction of sp³-hybridized carbons (Fsp3) is 0.692. The van der Waals surface area contributed by atoms with E-state index < -0.39 is 0 Å². The first kappa shape index (κ1) is 14.7. The zero-order valence-corrected chi connectivity index (χ0v) is 12.1. The molecule has 0 aliphatic rings. The topological polar surface area (TPSA) is 56.2 Å². The number of aromatic nitrogens is 2. The predicted octanol–water partition coefficient (Wildman–Crippen LogP) is 2.44. The maximum absolute atomic E-state index is 11.7. The normalized spacial score (nSPS) is 11.3. The molecular weight excluding hydrogens is 230 g/mol. The van der Waals surface area contributed by atoms with Crippen LogP contribution in [0.2, 0.25) is 0 Å². The summed E-state index contributed by atoms with van der Waals surface area (Å²) in [5.41, 5.74) is 2.60. The average molecular weight is 253 g/mol. The maximum atomic E-state index is 11.7. The molecule has 0 saturated heterocycles. The van der Waals surface area contributed by atoms with E-state index in [0.717, 1.165) is 17.1 Å². The highest BCUT2D eigenvalue weighted by Gasteiger charge is 2.15. The zero-order valence-electron chi connectivity index (χ0n) is 12.1. The SMILES string of the molecule is Cc1nn(C(C)C)c(C)c1NC(=O)COC(C)C. The predicted molar refractivity (Wildman–Crippen MR) is 71.8 cm³/mol. The third-order valence-corrected chi connectivity index (χ3v) is 2.63. The van der Waals surface area contributed by atoms with E-state index in [4.69, 9.17) is 4.74 Å². The second kappa shape index (κ2) is 6.00. The van der Waals surface area contributed by atoms with Gasteiger partial charge in [-0.3, -0.25) is 9.48 Å². The van der Waals surface area contributed by atoms with Crippen LogP contribution in [0.5, 0.6) is 0 Å². The van der Waals surface area contributed by atoms with Gasteiger partial charge in [0.2, 0.25) is 5.91 Å². The van der Waals surface area contributed by atoms with Crippen LogP contribution >= 0.6 is 0 Å². The van der Waals surface area contributed by atoms with Gasteiger partial charge in [-0.15, -0.1) is 0 Å². The van der Waals surface area contributed by atoms with Crippen molar-refractivity contribution in [3.05, 3.63) is 11.4 Å². The van der Waals surface area contributed by atoms with Gasteiger partial charge in [0.05, 0.1) is 23.2 Å². The molecule has 0 saturated carbocycles. The highest BCUT2D eigenvalue weighted by atomic mass is 16.5. The monoisotopic (exact) mass is 253 g/mol. The Kier molecular flexibility index (Phi) is 4.90. The lowest BCUT2D eigenvalue weighted by Crippen LogP contribution is -2.21. The van der Waals surface area contributed by atoms with Gasteiger partial charge in [-0.25, -0.2) is 0 Å². The molecule has 0 aliphatic heterocycles. The van der Waals surface area contributed by atoms with Crippen molar-refractivity contribution in [2.75, 3.05) is 11.9 Å². The van der Waals surface area contributed by atoms with Gasteiger partial charge in [0.1, 0.15) is 6.61 Å². The van der Waals surface area contributed by atoms with Gasteiger partial charge in [0.25, 0.3) is 0 Å². The fourth-order valence-corrected chi connectivity index (χ4v) is 1.76. The number of anilines is 1. The number of ether oxygens (including phenoxy) is 1. The standard InChI is InChI=1S/C13H23N3O2/c1-8(2)16-11(6)13(10(5)15-16)14-12(17)7-18-9(3)4/h8-9H,7H2,1-6H3,(H,14,17). The quantitative estimate of drug-likeness (QED) is 0.877. The minimum absolute atomic E-state index is 0.0522. The maximum Gasteiger partial charge on any atom is 0.250 e. The van der Waals surface area contributed by atoms with E-state index in [9.17, 15) is 4.79 Å². The van der Waals surface area contributed by atoms with Crippen molar-refractivity contribution in [3.8, 4) is 0 Å². The zero-order chi connectivity index (χ0) is 13.9. The summed E-state index contributed by atoms with van der Waals surface area (Å²) in [7, 11) is 0. The Hall–Kier alpha value is -1.36. The number of amides is 1. The summed E-state index contributed by atoms with van der Waals surface area (Å²) in [6.07, 6.45) is 0.0522. The summed E-state index contributed by atoms with van der Waals surface area (Å²) in [5.74, 6) is -0.141. The number of nitrogens with zero attached hydrogens (tertiary/aromatic N) is 2. The molecule has 0 unspecified atom stereocenters. The van der Waals surface area contributed by atoms with E-state index in [1.807, 2.05) is 32.4 Å². The lowest BCUT2D eigenvalue weighted by atomic mass is 10.3. The van der Waals surface area contributed by atoms with E-state index in [0.29, 0.717) is 0 Å². The molecule has 5 heteroatoms. The third-order valence-electron chi connectivity index (χ3n) is 2.63. The van der Waals surface area contributed by atoms with Crippen molar-refractivity contribution in [1.29, 1.82) is 0 Å². The Morgan fingerprint density at radius 2 is 1.94 bits per heavy atom. The van der Waals surface area contributed by atoms with Crippen LogP contribution in [0, 0.1) is 13.8 Å². The molecule has 1 aromatic heterocycles. The van der Waals surface area contributed by atoms with Crippen LogP contribution in [0.4, 0.5) is 5.69 Å². The summed E-state index contributed by atoms with van der Waals surface area (Å²) in [5, 5.41) is 7.28. The number of carbonyl (C=O) groups excluding carboxylic acids is 1. The first-order valence-corrected chi connectivity index (χ1v) is 6.30. The molecule has 0 spiro atoms. The molecule has 0 fully saturated rings. The number of hydrogen-bond acceptors (Lipinski definition) is 3. The molecule has 102 valence electrons. The molecule has 1 aromatic rings. The van der Waals surface area contributed by atoms with Gasteiger partial charge in [-0.05, 0) is 41.5 Å². The number of nitrogens with one attached hydrogen (secondary N) is 1. The minimum atomic E-state index is -0.141. The molecule has 1 rings (SSSR count). The number of aryl methyl sites for hydroxylation is 1. The van der Waals surface area contributed by atoms with Crippen LogP contribution in [0.1, 0.15) is 45.1 Å². The van der Waals surface area contributed by atoms with Crippen LogP contribution < -0.4 is 5.32 Å². The molecule has 0 aliphatic carbocycles. The van der Waals surface area contributed by atoms with Gasteiger partial charge in [0.15, 0.2) is 0 Å². The van der Waals surface area contributed by atoms with Gasteiger partial charge in [-0.2, -0.15) is 5.10 Å². The molecule has 5 nitrogen and oxygen atoms in total. The summed E-state index contributed by atoms with van der Waals surface area (Å²) >= 11 is 0. The molecule has 18 heavy (non-hydrogen) atoms. The second-order valence-electron chi connectivity index (χ2n) is 4.99. The van der Waals surface area contributed by atoms with E-state index in [2.05, 4.69) is 24.3 Å². The van der Waals surface area contributed by atoms with E-state index in [-0.39, 0.29) is 24.7 Å². The van der Waals surface area contributed by atoms with Crippen molar-refractivity contribution in [2.45, 2.75) is 53.7 Å². The van der Waals surface area contributed by atoms with Crippen molar-refractivity contribution in [2.24, 2.45) is 0 Å². The second-order valence-corrected chi connectivity index (χ2v) is 4.99. The van der Waals surface area contributed by atoms with Crippen LogP contribution in [0.25, 0.3) is 0 Å². The van der Waals surface area contributed by atoms with Crippen LogP contribution in [-0.2, 0) is 9.53 Å². The summed E-state index contributed by atoms with van der Waals surface area (Å²) in [6, 6.07) is 0.279. The Balaban J connectivity index is 2.76. The Morgan fingerprint density at radius 3 is 2.39 bits per heavy atom. The summed E-state index contributed by atoms with van der Waals surface area (Å²) < 4.78 is 7.18. The Labute approximate surface area is 109 Å². The van der Waals surface area contributed by atoms with Gasteiger partial charge in [0, 0.05) is 6.04 Å². The molecule has 0 aromatic carbocycles. The first-order valence-electron chi connectivity index (χ1n) is 6.30. The van der Waals surface area contributed by atoms with Crippen molar-refractivity contribution >= 4 is 11.6 Å². The lowest BCUT2D eigenvalue weighted by Gasteiger charge is -2.10. The number of hydrogen-bond donors (Lipinski definition) is 1. The van der Waals surface area contributed by atoms with Gasteiger partial charge < -0.3 is 10.1 Å². The molecule has 0 atom stereocenters. The number of carbonyl (C=O) groups is 1. The largest absolute Gasteiger partial charge is 0.369 e. The Morgan fingerprint density at radius 1 is 1.33 bits per heavy atom. The van der Waals surface area contributed by atoms with Gasteiger partial charge >= 0.3 is 0 Å². The average Bonchev–Trinajstić information content (AvgIpc) is 2.54. The third kappa shape index (κ3) is 3.57. The van der Waals surface area contributed by atoms with E-state index in [1.54, 1.807) is 0 Å². The minimum Gasteiger partial charge on any atom is -0.369 e. The van der Waals surface area contributed by atoms with Crippen molar-refractivity contribution < 1.29 is 9.53 Å². The molecule has 0 radical (unpaired) electrons. The fourth-order valence-electron chi connectivity index (χ4n) is 1.76. The van der Waals surface area contributed by atoms with Crippen LogP contribution in [0.15, 0.2) is 0 Å². The summed E-state index contributed by atoms with van der Waals surface area (Å²) in [6.45, 7) is 11.9. The highest BCUT2D eigenvalue weighted by Crippen LogP contribution is 2.22. The van der Waals surface area contributed by atoms with E-state index >= 15 is 0 Å². The summed E-state index contributed by atoms with van der Waals surface area (Å²) in [4.78, 5) is 11.7. The van der Waals surface area contributed by atoms with Crippen molar-refractivity contribution in [3.63, 3.8) is 0 Å². The Bertz CT molecular complexity index is 422. The molecule has 1 heterocycles. The molecular formula is C13H23N3O2. The number of rotatable bonds is 5. The lowest BCUT2D eigenvalue weighted by molar-refractivity contribution is -0.121. The van der Waals surface area contributed by atoms with Crippen molar-refractivity contribution in [1.82, 2.24) is 9.78 Å². The smallest absolute Gasteiger partial charge is 0.250 e. The molecule has 1 amide bonds. The van der Waals surface area contributed by atoms with E-state index in [1.165, 1.54) is 0 Å². The van der Waals surface area contributed by atoms with Gasteiger partial charge in [-0.1, -0.05) is 0 Å². The molecule has 1 N–H and O–H groups in total. The van der Waals surface area contributed by atoms with Crippen LogP contribution in [-0.4, -0.2) is 28.4 Å². The highest BCUT2D eigenvalue weighted by molar-refractivity contribution is 5.92. The first-order chi connectivity index (χ1) is 8.32. The molecule has 0 bridgehead atoms.